The predicted molar refractivity (Wildman–Crippen MR) is 49.5 cm³/mol. The first-order valence-electron chi connectivity index (χ1n) is 4.06. The molecule has 0 saturated heterocycles. The van der Waals surface area contributed by atoms with Gasteiger partial charge in [-0.25, -0.2) is 0 Å². The van der Waals surface area contributed by atoms with Crippen LogP contribution in [0.15, 0.2) is 18.5 Å². The molecule has 0 aromatic carbocycles. The van der Waals surface area contributed by atoms with Crippen LogP contribution in [0.4, 0.5) is 5.69 Å². The average Bonchev–Trinajstić information content (AvgIpc) is 2.15. The highest BCUT2D eigenvalue weighted by Crippen LogP contribution is 2.09. The lowest BCUT2D eigenvalue weighted by molar-refractivity contribution is 0.0784. The Bertz CT molecular complexity index is 299. The number of ketones is 1. The van der Waals surface area contributed by atoms with Gasteiger partial charge < -0.3 is 10.5 Å². The topological polar surface area (TPSA) is 65.2 Å². The summed E-state index contributed by atoms with van der Waals surface area (Å²) in [5.41, 5.74) is 6.45. The van der Waals surface area contributed by atoms with E-state index in [1.807, 2.05) is 6.92 Å². The smallest absolute Gasteiger partial charge is 0.192 e. The minimum absolute atomic E-state index is 0.0619. The fourth-order valence-electron chi connectivity index (χ4n) is 0.911. The number of aromatic nitrogens is 1. The molecule has 1 heterocycles. The molecule has 0 spiro atoms. The molecule has 0 aliphatic heterocycles. The molecule has 1 aromatic heterocycles. The molecule has 0 atom stereocenters. The molecule has 4 heteroatoms. The lowest BCUT2D eigenvalue weighted by Gasteiger charge is -2.02. The molecule has 70 valence electrons. The molecule has 0 unspecified atom stereocenters. The minimum Gasteiger partial charge on any atom is -0.398 e. The van der Waals surface area contributed by atoms with E-state index in [1.165, 1.54) is 6.20 Å². The van der Waals surface area contributed by atoms with Gasteiger partial charge in [-0.2, -0.15) is 0 Å². The third-order valence-corrected chi connectivity index (χ3v) is 1.59. The summed E-state index contributed by atoms with van der Waals surface area (Å²) in [4.78, 5) is 15.2. The van der Waals surface area contributed by atoms with Gasteiger partial charge in [0.2, 0.25) is 0 Å². The number of carbonyl (C=O) groups excluding carboxylic acids is 1. The van der Waals surface area contributed by atoms with Crippen LogP contribution in [0.1, 0.15) is 17.3 Å². The van der Waals surface area contributed by atoms with Crippen molar-refractivity contribution in [1.29, 1.82) is 0 Å². The van der Waals surface area contributed by atoms with Crippen LogP contribution in [0.2, 0.25) is 0 Å². The van der Waals surface area contributed by atoms with E-state index in [4.69, 9.17) is 10.5 Å². The zero-order chi connectivity index (χ0) is 9.68. The second kappa shape index (κ2) is 4.57. The van der Waals surface area contributed by atoms with E-state index in [0.29, 0.717) is 17.9 Å². The minimum atomic E-state index is -0.132. The zero-order valence-electron chi connectivity index (χ0n) is 7.49. The Hall–Kier alpha value is -1.42. The number of nitrogen functional groups attached to an aromatic ring is 1. The van der Waals surface area contributed by atoms with Crippen molar-refractivity contribution in [3.8, 4) is 0 Å². The van der Waals surface area contributed by atoms with Crippen LogP contribution in [0.3, 0.4) is 0 Å². The van der Waals surface area contributed by atoms with Crippen molar-refractivity contribution in [2.45, 2.75) is 6.92 Å². The summed E-state index contributed by atoms with van der Waals surface area (Å²) in [5, 5.41) is 0. The maximum absolute atomic E-state index is 11.4. The van der Waals surface area contributed by atoms with Crippen molar-refractivity contribution in [3.63, 3.8) is 0 Å². The number of pyridine rings is 1. The number of Topliss-reactive ketones (excluding diaryl/α,β-unsaturated/α-hetero) is 1. The van der Waals surface area contributed by atoms with E-state index < -0.39 is 0 Å². The predicted octanol–water partition coefficient (Wildman–Crippen LogP) is 0.883. The van der Waals surface area contributed by atoms with Crippen LogP contribution in [0.5, 0.6) is 0 Å². The van der Waals surface area contributed by atoms with Gasteiger partial charge in [-0.05, 0) is 13.0 Å². The second-order valence-corrected chi connectivity index (χ2v) is 2.52. The largest absolute Gasteiger partial charge is 0.398 e. The maximum atomic E-state index is 11.4. The van der Waals surface area contributed by atoms with Crippen LogP contribution in [0, 0.1) is 0 Å². The third-order valence-electron chi connectivity index (χ3n) is 1.59. The first-order valence-corrected chi connectivity index (χ1v) is 4.06. The number of nitrogens with zero attached hydrogens (tertiary/aromatic N) is 1. The van der Waals surface area contributed by atoms with E-state index >= 15 is 0 Å². The molecule has 4 nitrogen and oxygen atoms in total. The first-order chi connectivity index (χ1) is 6.25. The Morgan fingerprint density at radius 1 is 1.69 bits per heavy atom. The third kappa shape index (κ3) is 2.52. The van der Waals surface area contributed by atoms with Crippen molar-refractivity contribution in [2.75, 3.05) is 18.9 Å². The molecule has 0 fully saturated rings. The summed E-state index contributed by atoms with van der Waals surface area (Å²) in [6, 6.07) is 1.60. The lowest BCUT2D eigenvalue weighted by Crippen LogP contribution is -2.11. The number of rotatable bonds is 4. The summed E-state index contributed by atoms with van der Waals surface area (Å²) in [6.45, 7) is 2.41. The highest BCUT2D eigenvalue weighted by molar-refractivity contribution is 6.01. The van der Waals surface area contributed by atoms with E-state index in [2.05, 4.69) is 4.98 Å². The molecule has 1 aromatic rings. The Morgan fingerprint density at radius 3 is 3.08 bits per heavy atom. The van der Waals surface area contributed by atoms with Crippen LogP contribution in [0.25, 0.3) is 0 Å². The van der Waals surface area contributed by atoms with Crippen LogP contribution in [-0.2, 0) is 4.74 Å². The summed E-state index contributed by atoms with van der Waals surface area (Å²) >= 11 is 0. The number of hydrogen-bond donors (Lipinski definition) is 1. The number of anilines is 1. The lowest BCUT2D eigenvalue weighted by atomic mass is 10.1. The highest BCUT2D eigenvalue weighted by Gasteiger charge is 2.08. The number of ether oxygens (including phenoxy) is 1. The molecule has 0 radical (unpaired) electrons. The summed E-state index contributed by atoms with van der Waals surface area (Å²) in [7, 11) is 0. The normalized spacial score (nSPS) is 9.92. The molecule has 0 aliphatic carbocycles. The van der Waals surface area contributed by atoms with Gasteiger partial charge in [0.05, 0.1) is 5.56 Å². The highest BCUT2D eigenvalue weighted by atomic mass is 16.5. The zero-order valence-corrected chi connectivity index (χ0v) is 7.49. The number of nitrogens with two attached hydrogens (primary N) is 1. The Labute approximate surface area is 76.7 Å². The van der Waals surface area contributed by atoms with Crippen molar-refractivity contribution >= 4 is 11.5 Å². The van der Waals surface area contributed by atoms with Crippen molar-refractivity contribution in [2.24, 2.45) is 0 Å². The molecular weight excluding hydrogens is 168 g/mol. The van der Waals surface area contributed by atoms with Gasteiger partial charge in [0.15, 0.2) is 5.78 Å². The average molecular weight is 180 g/mol. The monoisotopic (exact) mass is 180 g/mol. The van der Waals surface area contributed by atoms with Gasteiger partial charge in [-0.1, -0.05) is 0 Å². The SMILES string of the molecule is CCOCC(=O)c1cnccc1N. The Kier molecular flexibility index (Phi) is 3.40. The quantitative estimate of drug-likeness (QED) is 0.698. The van der Waals surface area contributed by atoms with Gasteiger partial charge in [0.1, 0.15) is 6.61 Å². The maximum Gasteiger partial charge on any atom is 0.192 e. The van der Waals surface area contributed by atoms with E-state index in [-0.39, 0.29) is 12.4 Å². The van der Waals surface area contributed by atoms with Crippen molar-refractivity contribution in [1.82, 2.24) is 4.98 Å². The molecule has 0 bridgehead atoms. The molecule has 1 rings (SSSR count). The van der Waals surface area contributed by atoms with Gasteiger partial charge >= 0.3 is 0 Å². The Balaban J connectivity index is 2.71. The van der Waals surface area contributed by atoms with Gasteiger partial charge in [-0.15, -0.1) is 0 Å². The van der Waals surface area contributed by atoms with Gasteiger partial charge in [0.25, 0.3) is 0 Å². The fraction of sp³-hybridized carbons (Fsp3) is 0.333. The van der Waals surface area contributed by atoms with Crippen molar-refractivity contribution < 1.29 is 9.53 Å². The fourth-order valence-corrected chi connectivity index (χ4v) is 0.911. The number of carbonyl (C=O) groups is 1. The molecular formula is C9H12N2O2. The van der Waals surface area contributed by atoms with Crippen LogP contribution >= 0.6 is 0 Å². The first kappa shape index (κ1) is 9.67. The number of hydrogen-bond acceptors (Lipinski definition) is 4. The molecule has 2 N–H and O–H groups in total. The Morgan fingerprint density at radius 2 is 2.46 bits per heavy atom. The summed E-state index contributed by atoms with van der Waals surface area (Å²) in [5.74, 6) is -0.132. The van der Waals surface area contributed by atoms with Gasteiger partial charge in [0, 0.05) is 24.7 Å². The molecule has 13 heavy (non-hydrogen) atoms. The van der Waals surface area contributed by atoms with E-state index in [1.54, 1.807) is 12.3 Å². The molecule has 0 saturated carbocycles. The van der Waals surface area contributed by atoms with Crippen molar-refractivity contribution in [3.05, 3.63) is 24.0 Å². The van der Waals surface area contributed by atoms with Crippen LogP contribution < -0.4 is 5.73 Å². The van der Waals surface area contributed by atoms with E-state index in [9.17, 15) is 4.79 Å². The van der Waals surface area contributed by atoms with E-state index in [0.717, 1.165) is 0 Å². The molecule has 0 amide bonds. The summed E-state index contributed by atoms with van der Waals surface area (Å²) < 4.78 is 4.97. The summed E-state index contributed by atoms with van der Waals surface area (Å²) in [6.07, 6.45) is 3.00. The standard InChI is InChI=1S/C9H12N2O2/c1-2-13-6-9(12)7-5-11-4-3-8(7)10/h3-5H,2,6H2,1H3,(H2,10,11). The van der Waals surface area contributed by atoms with Gasteiger partial charge in [-0.3, -0.25) is 9.78 Å². The second-order valence-electron chi connectivity index (χ2n) is 2.52. The van der Waals surface area contributed by atoms with Crippen LogP contribution in [-0.4, -0.2) is 24.0 Å². The molecule has 0 aliphatic rings.